The van der Waals surface area contributed by atoms with Gasteiger partial charge in [0.2, 0.25) is 0 Å². The van der Waals surface area contributed by atoms with Gasteiger partial charge in [-0.15, -0.1) is 0 Å². The summed E-state index contributed by atoms with van der Waals surface area (Å²) in [4.78, 5) is 21.4. The van der Waals surface area contributed by atoms with Gasteiger partial charge in [-0.2, -0.15) is 5.26 Å². The number of hydrogen-bond acceptors (Lipinski definition) is 3. The Labute approximate surface area is 110 Å². The average Bonchev–Trinajstić information content (AvgIpc) is 2.94. The Morgan fingerprint density at radius 3 is 3.21 bits per heavy atom. The highest BCUT2D eigenvalue weighted by molar-refractivity contribution is 5.94. The summed E-state index contributed by atoms with van der Waals surface area (Å²) in [6.07, 6.45) is 2.43. The van der Waals surface area contributed by atoms with E-state index in [1.165, 1.54) is 0 Å². The van der Waals surface area contributed by atoms with Crippen LogP contribution in [-0.2, 0) is 13.0 Å². The third kappa shape index (κ3) is 2.08. The zero-order chi connectivity index (χ0) is 13.2. The first-order valence-corrected chi connectivity index (χ1v) is 6.08. The number of imidazole rings is 1. The van der Waals surface area contributed by atoms with Gasteiger partial charge in [0.05, 0.1) is 35.9 Å². The standard InChI is InChI=1S/C14H12N4O/c15-7-10-2-1-3-11(6-10)14(19)18-5-4-12-13(8-18)17-9-16-12/h1-3,6,9H,4-5,8H2,(H,16,17). The van der Waals surface area contributed by atoms with Gasteiger partial charge in [-0.3, -0.25) is 4.79 Å². The lowest BCUT2D eigenvalue weighted by Crippen LogP contribution is -2.36. The maximum atomic E-state index is 12.4. The van der Waals surface area contributed by atoms with E-state index in [1.807, 2.05) is 6.07 Å². The fourth-order valence-corrected chi connectivity index (χ4v) is 2.29. The second kappa shape index (κ2) is 4.58. The second-order valence-electron chi connectivity index (χ2n) is 4.50. The number of rotatable bonds is 1. The van der Waals surface area contributed by atoms with Gasteiger partial charge in [0.1, 0.15) is 0 Å². The highest BCUT2D eigenvalue weighted by Crippen LogP contribution is 2.17. The van der Waals surface area contributed by atoms with Crippen molar-refractivity contribution < 1.29 is 4.79 Å². The Kier molecular flexibility index (Phi) is 2.76. The van der Waals surface area contributed by atoms with Crippen molar-refractivity contribution in [3.63, 3.8) is 0 Å². The number of aromatic nitrogens is 2. The first kappa shape index (κ1) is 11.5. The smallest absolute Gasteiger partial charge is 0.254 e. The van der Waals surface area contributed by atoms with Crippen LogP contribution in [0, 0.1) is 11.3 Å². The number of fused-ring (bicyclic) bond motifs is 1. The molecule has 2 aromatic rings. The number of nitrogens with zero attached hydrogens (tertiary/aromatic N) is 3. The molecule has 0 bridgehead atoms. The molecule has 3 rings (SSSR count). The van der Waals surface area contributed by atoms with Crippen molar-refractivity contribution in [1.82, 2.24) is 14.9 Å². The molecule has 0 saturated heterocycles. The van der Waals surface area contributed by atoms with Crippen LogP contribution in [0.4, 0.5) is 0 Å². The molecule has 0 saturated carbocycles. The monoisotopic (exact) mass is 252 g/mol. The van der Waals surface area contributed by atoms with E-state index in [4.69, 9.17) is 5.26 Å². The molecule has 1 aliphatic rings. The number of carbonyl (C=O) groups is 1. The van der Waals surface area contributed by atoms with Gasteiger partial charge in [0, 0.05) is 18.5 Å². The molecule has 0 aliphatic carbocycles. The zero-order valence-corrected chi connectivity index (χ0v) is 10.3. The summed E-state index contributed by atoms with van der Waals surface area (Å²) in [5.41, 5.74) is 3.10. The number of nitriles is 1. The molecule has 1 N–H and O–H groups in total. The number of aromatic amines is 1. The van der Waals surface area contributed by atoms with Crippen molar-refractivity contribution >= 4 is 5.91 Å². The lowest BCUT2D eigenvalue weighted by Gasteiger charge is -2.26. The van der Waals surface area contributed by atoms with Crippen molar-refractivity contribution in [3.05, 3.63) is 53.1 Å². The molecule has 1 aliphatic heterocycles. The molecule has 0 spiro atoms. The van der Waals surface area contributed by atoms with Crippen LogP contribution in [0.25, 0.3) is 0 Å². The molecule has 0 atom stereocenters. The summed E-state index contributed by atoms with van der Waals surface area (Å²) >= 11 is 0. The molecule has 94 valence electrons. The van der Waals surface area contributed by atoms with Crippen molar-refractivity contribution in [2.45, 2.75) is 13.0 Å². The molecule has 5 nitrogen and oxygen atoms in total. The first-order valence-electron chi connectivity index (χ1n) is 6.08. The van der Waals surface area contributed by atoms with Crippen molar-refractivity contribution in [2.24, 2.45) is 0 Å². The van der Waals surface area contributed by atoms with Crippen LogP contribution in [0.2, 0.25) is 0 Å². The number of H-pyrrole nitrogens is 1. The number of hydrogen-bond donors (Lipinski definition) is 1. The van der Waals surface area contributed by atoms with Gasteiger partial charge < -0.3 is 9.88 Å². The normalized spacial score (nSPS) is 13.7. The molecule has 1 aromatic heterocycles. The summed E-state index contributed by atoms with van der Waals surface area (Å²) in [7, 11) is 0. The van der Waals surface area contributed by atoms with E-state index in [-0.39, 0.29) is 5.91 Å². The van der Waals surface area contributed by atoms with E-state index < -0.39 is 0 Å². The highest BCUT2D eigenvalue weighted by Gasteiger charge is 2.23. The fraction of sp³-hybridized carbons (Fsp3) is 0.214. The number of nitrogens with one attached hydrogen (secondary N) is 1. The van der Waals surface area contributed by atoms with E-state index in [9.17, 15) is 4.79 Å². The van der Waals surface area contributed by atoms with Crippen molar-refractivity contribution in [1.29, 1.82) is 5.26 Å². The van der Waals surface area contributed by atoms with Gasteiger partial charge in [0.15, 0.2) is 0 Å². The summed E-state index contributed by atoms with van der Waals surface area (Å²) in [5.74, 6) is -0.0441. The lowest BCUT2D eigenvalue weighted by atomic mass is 10.1. The van der Waals surface area contributed by atoms with Gasteiger partial charge in [-0.05, 0) is 18.2 Å². The lowest BCUT2D eigenvalue weighted by molar-refractivity contribution is 0.0732. The van der Waals surface area contributed by atoms with Crippen LogP contribution >= 0.6 is 0 Å². The first-order chi connectivity index (χ1) is 9.28. The van der Waals surface area contributed by atoms with Crippen LogP contribution in [0.5, 0.6) is 0 Å². The van der Waals surface area contributed by atoms with Crippen LogP contribution in [0.15, 0.2) is 30.6 Å². The molecule has 0 unspecified atom stereocenters. The molecule has 1 aromatic carbocycles. The average molecular weight is 252 g/mol. The van der Waals surface area contributed by atoms with E-state index >= 15 is 0 Å². The van der Waals surface area contributed by atoms with E-state index in [0.29, 0.717) is 24.2 Å². The maximum Gasteiger partial charge on any atom is 0.254 e. The molecular formula is C14H12N4O. The minimum absolute atomic E-state index is 0.0441. The minimum Gasteiger partial charge on any atom is -0.347 e. The molecule has 2 heterocycles. The summed E-state index contributed by atoms with van der Waals surface area (Å²) in [6, 6.07) is 8.85. The fourth-order valence-electron chi connectivity index (χ4n) is 2.29. The van der Waals surface area contributed by atoms with Gasteiger partial charge in [0.25, 0.3) is 5.91 Å². The summed E-state index contributed by atoms with van der Waals surface area (Å²) in [6.45, 7) is 1.21. The number of benzene rings is 1. The predicted molar refractivity (Wildman–Crippen MR) is 68.2 cm³/mol. The van der Waals surface area contributed by atoms with E-state index in [2.05, 4.69) is 9.97 Å². The Morgan fingerprint density at radius 1 is 1.47 bits per heavy atom. The van der Waals surface area contributed by atoms with Crippen LogP contribution in [0.1, 0.15) is 27.3 Å². The van der Waals surface area contributed by atoms with Gasteiger partial charge in [-0.1, -0.05) is 6.07 Å². The largest absolute Gasteiger partial charge is 0.347 e. The minimum atomic E-state index is -0.0441. The Hall–Kier alpha value is -2.61. The molecule has 19 heavy (non-hydrogen) atoms. The third-order valence-corrected chi connectivity index (χ3v) is 3.30. The second-order valence-corrected chi connectivity index (χ2v) is 4.50. The maximum absolute atomic E-state index is 12.4. The molecule has 0 radical (unpaired) electrons. The van der Waals surface area contributed by atoms with E-state index in [1.54, 1.807) is 35.5 Å². The van der Waals surface area contributed by atoms with Crippen LogP contribution < -0.4 is 0 Å². The Bertz CT molecular complexity index is 668. The number of amides is 1. The zero-order valence-electron chi connectivity index (χ0n) is 10.3. The quantitative estimate of drug-likeness (QED) is 0.835. The Balaban J connectivity index is 1.84. The summed E-state index contributed by atoms with van der Waals surface area (Å²) < 4.78 is 0. The Morgan fingerprint density at radius 2 is 2.37 bits per heavy atom. The molecule has 0 fully saturated rings. The number of carbonyl (C=O) groups excluding carboxylic acids is 1. The topological polar surface area (TPSA) is 72.8 Å². The van der Waals surface area contributed by atoms with Crippen molar-refractivity contribution in [2.75, 3.05) is 6.54 Å². The predicted octanol–water partition coefficient (Wildman–Crippen LogP) is 1.48. The van der Waals surface area contributed by atoms with Crippen LogP contribution in [0.3, 0.4) is 0 Å². The summed E-state index contributed by atoms with van der Waals surface area (Å²) in [5, 5.41) is 8.87. The highest BCUT2D eigenvalue weighted by atomic mass is 16.2. The van der Waals surface area contributed by atoms with Gasteiger partial charge in [-0.25, -0.2) is 4.98 Å². The molecule has 5 heteroatoms. The molecular weight excluding hydrogens is 240 g/mol. The SMILES string of the molecule is N#Cc1cccc(C(=O)N2CCc3nc[nH]c3C2)c1. The third-order valence-electron chi connectivity index (χ3n) is 3.30. The van der Waals surface area contributed by atoms with Crippen molar-refractivity contribution in [3.8, 4) is 6.07 Å². The van der Waals surface area contributed by atoms with E-state index in [0.717, 1.165) is 17.8 Å². The van der Waals surface area contributed by atoms with Crippen LogP contribution in [-0.4, -0.2) is 27.3 Å². The molecule has 1 amide bonds. The van der Waals surface area contributed by atoms with Gasteiger partial charge >= 0.3 is 0 Å².